The first-order chi connectivity index (χ1) is 11.9. The molecule has 1 spiro atoms. The number of sulfonamides is 1. The van der Waals surface area contributed by atoms with Gasteiger partial charge < -0.3 is 9.47 Å². The number of pyridine rings is 1. The molecule has 1 aromatic heterocycles. The van der Waals surface area contributed by atoms with Crippen LogP contribution in [0.15, 0.2) is 17.2 Å². The minimum absolute atomic E-state index is 0.0398. The first-order valence-electron chi connectivity index (χ1n) is 8.45. The maximum atomic E-state index is 12.9. The molecule has 0 aromatic carbocycles. The topological polar surface area (TPSA) is 72.0 Å². The molecule has 3 aliphatic rings. The molecule has 0 saturated carbocycles. The highest BCUT2D eigenvalue weighted by atomic mass is 35.5. The molecular formula is C16H22ClN3O4S. The zero-order chi connectivity index (χ0) is 17.7. The minimum Gasteiger partial charge on any atom is -0.480 e. The van der Waals surface area contributed by atoms with Gasteiger partial charge in [0, 0.05) is 57.0 Å². The molecule has 4 rings (SSSR count). The Morgan fingerprint density at radius 1 is 1.28 bits per heavy atom. The van der Waals surface area contributed by atoms with E-state index in [1.54, 1.807) is 0 Å². The largest absolute Gasteiger partial charge is 0.480 e. The van der Waals surface area contributed by atoms with Gasteiger partial charge in [-0.05, 0) is 18.9 Å². The Labute approximate surface area is 152 Å². The van der Waals surface area contributed by atoms with E-state index >= 15 is 0 Å². The molecule has 0 radical (unpaired) electrons. The van der Waals surface area contributed by atoms with E-state index in [-0.39, 0.29) is 21.2 Å². The van der Waals surface area contributed by atoms with Crippen LogP contribution in [-0.2, 0) is 14.8 Å². The molecule has 7 nitrogen and oxygen atoms in total. The van der Waals surface area contributed by atoms with Crippen molar-refractivity contribution in [2.24, 2.45) is 5.41 Å². The summed E-state index contributed by atoms with van der Waals surface area (Å²) < 4.78 is 37.8. The highest BCUT2D eigenvalue weighted by Crippen LogP contribution is 2.44. The van der Waals surface area contributed by atoms with E-state index in [1.165, 1.54) is 23.7 Å². The predicted octanol–water partition coefficient (Wildman–Crippen LogP) is 1.23. The molecule has 0 atom stereocenters. The molecule has 9 heteroatoms. The second-order valence-corrected chi connectivity index (χ2v) is 9.53. The van der Waals surface area contributed by atoms with Crippen molar-refractivity contribution >= 4 is 21.6 Å². The maximum Gasteiger partial charge on any atom is 0.248 e. The van der Waals surface area contributed by atoms with Crippen molar-refractivity contribution in [1.29, 1.82) is 0 Å². The highest BCUT2D eigenvalue weighted by Gasteiger charge is 2.56. The number of rotatable bonds is 4. The lowest BCUT2D eigenvalue weighted by Gasteiger charge is -2.61. The summed E-state index contributed by atoms with van der Waals surface area (Å²) in [6.07, 6.45) is 3.53. The number of hydrogen-bond donors (Lipinski definition) is 0. The van der Waals surface area contributed by atoms with Crippen molar-refractivity contribution in [3.63, 3.8) is 0 Å². The summed E-state index contributed by atoms with van der Waals surface area (Å²) in [5.74, 6) is 0.0859. The van der Waals surface area contributed by atoms with Crippen LogP contribution in [0.3, 0.4) is 0 Å². The quantitative estimate of drug-likeness (QED) is 0.773. The van der Waals surface area contributed by atoms with Crippen LogP contribution in [0.25, 0.3) is 0 Å². The minimum atomic E-state index is -3.63. The van der Waals surface area contributed by atoms with E-state index in [1.807, 2.05) is 0 Å². The third kappa shape index (κ3) is 3.04. The number of methoxy groups -OCH3 is 1. The van der Waals surface area contributed by atoms with Gasteiger partial charge in [-0.1, -0.05) is 11.6 Å². The molecule has 4 heterocycles. The van der Waals surface area contributed by atoms with Crippen LogP contribution in [0.1, 0.15) is 12.8 Å². The molecule has 0 bridgehead atoms. The van der Waals surface area contributed by atoms with Gasteiger partial charge in [-0.2, -0.15) is 4.31 Å². The monoisotopic (exact) mass is 387 g/mol. The summed E-state index contributed by atoms with van der Waals surface area (Å²) in [6.45, 7) is 4.69. The lowest BCUT2D eigenvalue weighted by atomic mass is 9.73. The summed E-state index contributed by atoms with van der Waals surface area (Å²) >= 11 is 5.93. The van der Waals surface area contributed by atoms with E-state index < -0.39 is 10.0 Å². The first kappa shape index (κ1) is 17.5. The van der Waals surface area contributed by atoms with Gasteiger partial charge in [-0.3, -0.25) is 4.90 Å². The Morgan fingerprint density at radius 3 is 2.60 bits per heavy atom. The van der Waals surface area contributed by atoms with E-state index in [9.17, 15) is 8.42 Å². The standard InChI is InChI=1S/C16H22ClN3O4S/c1-23-15-14(6-12(17)7-18-15)25(21,22)20-10-16(11-20)8-19(9-16)13-2-4-24-5-3-13/h6-7,13H,2-5,8-11H2,1H3. The zero-order valence-electron chi connectivity index (χ0n) is 14.1. The molecule has 3 fully saturated rings. The fourth-order valence-electron chi connectivity index (χ4n) is 4.08. The fraction of sp³-hybridized carbons (Fsp3) is 0.688. The van der Waals surface area contributed by atoms with Crippen molar-refractivity contribution in [3.05, 3.63) is 17.3 Å². The van der Waals surface area contributed by atoms with Crippen LogP contribution in [0.2, 0.25) is 5.02 Å². The third-order valence-corrected chi connectivity index (χ3v) is 7.40. The zero-order valence-corrected chi connectivity index (χ0v) is 15.7. The summed E-state index contributed by atoms with van der Waals surface area (Å²) in [5.41, 5.74) is 0.102. The highest BCUT2D eigenvalue weighted by molar-refractivity contribution is 7.89. The number of aromatic nitrogens is 1. The van der Waals surface area contributed by atoms with E-state index in [2.05, 4.69) is 9.88 Å². The molecule has 0 unspecified atom stereocenters. The van der Waals surface area contributed by atoms with Crippen LogP contribution in [0, 0.1) is 5.41 Å². The number of nitrogens with zero attached hydrogens (tertiary/aromatic N) is 3. The normalized spacial score (nSPS) is 24.7. The van der Waals surface area contributed by atoms with Gasteiger partial charge in [0.25, 0.3) is 0 Å². The smallest absolute Gasteiger partial charge is 0.248 e. The molecule has 138 valence electrons. The summed E-state index contributed by atoms with van der Waals surface area (Å²) in [6, 6.07) is 1.99. The second-order valence-electron chi connectivity index (χ2n) is 7.18. The molecule has 1 aromatic rings. The lowest BCUT2D eigenvalue weighted by molar-refractivity contribution is -0.116. The summed E-state index contributed by atoms with van der Waals surface area (Å²) in [4.78, 5) is 6.47. The molecular weight excluding hydrogens is 366 g/mol. The maximum absolute atomic E-state index is 12.9. The summed E-state index contributed by atoms with van der Waals surface area (Å²) in [5, 5.41) is 0.281. The van der Waals surface area contributed by atoms with Crippen molar-refractivity contribution < 1.29 is 17.9 Å². The van der Waals surface area contributed by atoms with Crippen LogP contribution in [0.4, 0.5) is 0 Å². The molecule has 3 saturated heterocycles. The summed E-state index contributed by atoms with van der Waals surface area (Å²) in [7, 11) is -2.23. The molecule has 3 aliphatic heterocycles. The van der Waals surface area contributed by atoms with E-state index in [4.69, 9.17) is 21.1 Å². The van der Waals surface area contributed by atoms with Crippen LogP contribution in [0.5, 0.6) is 5.88 Å². The van der Waals surface area contributed by atoms with Crippen molar-refractivity contribution in [2.75, 3.05) is 46.5 Å². The van der Waals surface area contributed by atoms with Gasteiger partial charge in [0.15, 0.2) is 0 Å². The Balaban J connectivity index is 1.41. The van der Waals surface area contributed by atoms with Gasteiger partial charge in [0.1, 0.15) is 4.90 Å². The van der Waals surface area contributed by atoms with E-state index in [0.717, 1.165) is 39.1 Å². The Bertz CT molecular complexity index is 753. The van der Waals surface area contributed by atoms with Crippen LogP contribution >= 0.6 is 11.6 Å². The second kappa shape index (κ2) is 6.35. The number of hydrogen-bond acceptors (Lipinski definition) is 6. The van der Waals surface area contributed by atoms with Gasteiger partial charge in [-0.25, -0.2) is 13.4 Å². The average molecular weight is 388 g/mol. The van der Waals surface area contributed by atoms with E-state index in [0.29, 0.717) is 19.1 Å². The van der Waals surface area contributed by atoms with Crippen molar-refractivity contribution in [1.82, 2.24) is 14.2 Å². The van der Waals surface area contributed by atoms with Gasteiger partial charge in [-0.15, -0.1) is 0 Å². The van der Waals surface area contributed by atoms with Gasteiger partial charge in [0.2, 0.25) is 15.9 Å². The van der Waals surface area contributed by atoms with Gasteiger partial charge in [0.05, 0.1) is 12.1 Å². The number of likely N-dealkylation sites (tertiary alicyclic amines) is 1. The third-order valence-electron chi connectivity index (χ3n) is 5.40. The Morgan fingerprint density at radius 2 is 1.96 bits per heavy atom. The predicted molar refractivity (Wildman–Crippen MR) is 92.4 cm³/mol. The fourth-order valence-corrected chi connectivity index (χ4v) is 6.10. The first-order valence-corrected chi connectivity index (χ1v) is 10.3. The molecule has 0 N–H and O–H groups in total. The Kier molecular flexibility index (Phi) is 4.44. The van der Waals surface area contributed by atoms with Gasteiger partial charge >= 0.3 is 0 Å². The number of ether oxygens (including phenoxy) is 2. The lowest BCUT2D eigenvalue weighted by Crippen LogP contribution is -2.74. The molecule has 0 aliphatic carbocycles. The molecule has 25 heavy (non-hydrogen) atoms. The van der Waals surface area contributed by atoms with Crippen molar-refractivity contribution in [2.45, 2.75) is 23.8 Å². The SMILES string of the molecule is COc1ncc(Cl)cc1S(=O)(=O)N1CC2(CN(C3CCOCC3)C2)C1. The van der Waals surface area contributed by atoms with Crippen LogP contribution < -0.4 is 4.74 Å². The van der Waals surface area contributed by atoms with Crippen molar-refractivity contribution in [3.8, 4) is 5.88 Å². The number of halogens is 1. The van der Waals surface area contributed by atoms with Crippen LogP contribution in [-0.4, -0.2) is 75.2 Å². The average Bonchev–Trinajstić information content (AvgIpc) is 2.53. The molecule has 0 amide bonds. The Hall–Kier alpha value is -0.930.